The molecule has 2 aromatic carbocycles. The van der Waals surface area contributed by atoms with E-state index in [9.17, 15) is 14.0 Å². The smallest absolute Gasteiger partial charge is 0.253 e. The second-order valence-corrected chi connectivity index (χ2v) is 5.57. The highest BCUT2D eigenvalue weighted by Gasteiger charge is 2.09. The Bertz CT molecular complexity index is 875. The van der Waals surface area contributed by atoms with Gasteiger partial charge in [0.05, 0.1) is 17.1 Å². The maximum absolute atomic E-state index is 13.0. The molecule has 0 heterocycles. The van der Waals surface area contributed by atoms with Gasteiger partial charge in [-0.25, -0.2) is 4.39 Å². The Morgan fingerprint density at radius 2 is 2.00 bits per heavy atom. The lowest BCUT2D eigenvalue weighted by molar-refractivity contribution is -0.114. The van der Waals surface area contributed by atoms with E-state index < -0.39 is 11.7 Å². The minimum atomic E-state index is -0.508. The summed E-state index contributed by atoms with van der Waals surface area (Å²) in [5.41, 5.74) is 0.812. The van der Waals surface area contributed by atoms with Crippen LogP contribution >= 0.6 is 11.6 Å². The van der Waals surface area contributed by atoms with Gasteiger partial charge < -0.3 is 15.4 Å². The Morgan fingerprint density at radius 1 is 1.19 bits per heavy atom. The fourth-order valence-electron chi connectivity index (χ4n) is 1.99. The van der Waals surface area contributed by atoms with Crippen molar-refractivity contribution >= 4 is 29.1 Å². The van der Waals surface area contributed by atoms with E-state index >= 15 is 0 Å². The average Bonchev–Trinajstić information content (AvgIpc) is 2.57. The SMILES string of the molecule is CC(=O)Nc1cccc(OCC#CCNC(=O)c2ccc(F)cc2Cl)c1. The maximum Gasteiger partial charge on any atom is 0.253 e. The van der Waals surface area contributed by atoms with E-state index in [1.54, 1.807) is 24.3 Å². The van der Waals surface area contributed by atoms with Crippen LogP contribution in [0.5, 0.6) is 5.75 Å². The summed E-state index contributed by atoms with van der Waals surface area (Å²) in [6, 6.07) is 10.5. The molecule has 2 amide bonds. The molecule has 26 heavy (non-hydrogen) atoms. The molecule has 0 saturated carbocycles. The summed E-state index contributed by atoms with van der Waals surface area (Å²) in [4.78, 5) is 22.9. The van der Waals surface area contributed by atoms with Gasteiger partial charge in [-0.1, -0.05) is 29.5 Å². The fourth-order valence-corrected chi connectivity index (χ4v) is 2.25. The van der Waals surface area contributed by atoms with Crippen LogP contribution in [0.4, 0.5) is 10.1 Å². The first kappa shape index (κ1) is 19.3. The Hall–Kier alpha value is -3.04. The van der Waals surface area contributed by atoms with Gasteiger partial charge >= 0.3 is 0 Å². The lowest BCUT2D eigenvalue weighted by Crippen LogP contribution is -2.24. The summed E-state index contributed by atoms with van der Waals surface area (Å²) in [7, 11) is 0. The first-order valence-corrected chi connectivity index (χ1v) is 8.03. The molecular weight excluding hydrogens is 359 g/mol. The maximum atomic E-state index is 13.0. The van der Waals surface area contributed by atoms with Crippen LogP contribution in [0.25, 0.3) is 0 Å². The number of carbonyl (C=O) groups excluding carboxylic acids is 2. The molecule has 134 valence electrons. The van der Waals surface area contributed by atoms with Gasteiger partial charge in [-0.2, -0.15) is 0 Å². The van der Waals surface area contributed by atoms with E-state index in [0.29, 0.717) is 11.4 Å². The summed E-state index contributed by atoms with van der Waals surface area (Å²) < 4.78 is 18.4. The van der Waals surface area contributed by atoms with Crippen molar-refractivity contribution in [1.29, 1.82) is 0 Å². The first-order valence-electron chi connectivity index (χ1n) is 7.65. The van der Waals surface area contributed by atoms with Gasteiger partial charge in [-0.05, 0) is 30.3 Å². The van der Waals surface area contributed by atoms with Crippen molar-refractivity contribution < 1.29 is 18.7 Å². The van der Waals surface area contributed by atoms with Gasteiger partial charge in [-0.15, -0.1) is 0 Å². The van der Waals surface area contributed by atoms with Crippen molar-refractivity contribution in [3.05, 3.63) is 58.9 Å². The van der Waals surface area contributed by atoms with E-state index in [4.69, 9.17) is 16.3 Å². The largest absolute Gasteiger partial charge is 0.481 e. The van der Waals surface area contributed by atoms with Crippen molar-refractivity contribution in [2.24, 2.45) is 0 Å². The molecular formula is C19H16ClFN2O3. The number of benzene rings is 2. The Balaban J connectivity index is 1.79. The van der Waals surface area contributed by atoms with Crippen molar-refractivity contribution in [2.75, 3.05) is 18.5 Å². The standard InChI is InChI=1S/C19H16ClFN2O3/c1-13(24)23-15-5-4-6-16(12-15)26-10-3-2-9-22-19(25)17-8-7-14(21)11-18(17)20/h4-8,11-12H,9-10H2,1H3,(H,22,25)(H,23,24). The summed E-state index contributed by atoms with van der Waals surface area (Å²) in [5, 5.41) is 5.26. The number of rotatable bonds is 5. The second kappa shape index (κ2) is 9.44. The van der Waals surface area contributed by atoms with Crippen LogP contribution in [-0.4, -0.2) is 25.0 Å². The molecule has 0 aliphatic carbocycles. The van der Waals surface area contributed by atoms with Gasteiger partial charge in [0.2, 0.25) is 5.91 Å². The first-order chi connectivity index (χ1) is 12.5. The number of amides is 2. The van der Waals surface area contributed by atoms with E-state index in [2.05, 4.69) is 22.5 Å². The Kier molecular flexibility index (Phi) is 7.01. The zero-order valence-corrected chi connectivity index (χ0v) is 14.7. The molecule has 2 N–H and O–H groups in total. The normalized spacial score (nSPS) is 9.65. The number of anilines is 1. The van der Waals surface area contributed by atoms with E-state index in [1.165, 1.54) is 13.0 Å². The number of halogens is 2. The van der Waals surface area contributed by atoms with Crippen LogP contribution in [0.1, 0.15) is 17.3 Å². The highest BCUT2D eigenvalue weighted by molar-refractivity contribution is 6.33. The van der Waals surface area contributed by atoms with Crippen LogP contribution in [0.15, 0.2) is 42.5 Å². The molecule has 5 nitrogen and oxygen atoms in total. The van der Waals surface area contributed by atoms with Gasteiger partial charge in [0.15, 0.2) is 0 Å². The van der Waals surface area contributed by atoms with E-state index in [-0.39, 0.29) is 29.6 Å². The minimum Gasteiger partial charge on any atom is -0.481 e. The molecule has 2 rings (SSSR count). The number of hydrogen-bond donors (Lipinski definition) is 2. The number of ether oxygens (including phenoxy) is 1. The monoisotopic (exact) mass is 374 g/mol. The van der Waals surface area contributed by atoms with Gasteiger partial charge in [0.1, 0.15) is 18.2 Å². The minimum absolute atomic E-state index is 0.0397. The molecule has 0 saturated heterocycles. The van der Waals surface area contributed by atoms with Crippen LogP contribution in [0.2, 0.25) is 5.02 Å². The third-order valence-electron chi connectivity index (χ3n) is 3.10. The van der Waals surface area contributed by atoms with Gasteiger partial charge in [-0.3, -0.25) is 9.59 Å². The van der Waals surface area contributed by atoms with Crippen molar-refractivity contribution in [3.8, 4) is 17.6 Å². The van der Waals surface area contributed by atoms with Gasteiger partial charge in [0, 0.05) is 18.7 Å². The molecule has 0 radical (unpaired) electrons. The lowest BCUT2D eigenvalue weighted by Gasteiger charge is -2.05. The van der Waals surface area contributed by atoms with Crippen LogP contribution in [0, 0.1) is 17.7 Å². The van der Waals surface area contributed by atoms with Crippen LogP contribution < -0.4 is 15.4 Å². The summed E-state index contributed by atoms with van der Waals surface area (Å²) in [6.07, 6.45) is 0. The number of nitrogens with one attached hydrogen (secondary N) is 2. The highest BCUT2D eigenvalue weighted by Crippen LogP contribution is 2.17. The third-order valence-corrected chi connectivity index (χ3v) is 3.42. The molecule has 0 spiro atoms. The van der Waals surface area contributed by atoms with Crippen LogP contribution in [0.3, 0.4) is 0 Å². The average molecular weight is 375 g/mol. The Morgan fingerprint density at radius 3 is 2.73 bits per heavy atom. The van der Waals surface area contributed by atoms with Gasteiger partial charge in [0.25, 0.3) is 5.91 Å². The van der Waals surface area contributed by atoms with Crippen molar-refractivity contribution in [1.82, 2.24) is 5.32 Å². The zero-order valence-electron chi connectivity index (χ0n) is 13.9. The predicted octanol–water partition coefficient (Wildman–Crippen LogP) is 3.25. The molecule has 0 aromatic heterocycles. The quantitative estimate of drug-likeness (QED) is 0.789. The summed E-state index contributed by atoms with van der Waals surface area (Å²) in [5.74, 6) is 4.95. The highest BCUT2D eigenvalue weighted by atomic mass is 35.5. The fraction of sp³-hybridized carbons (Fsp3) is 0.158. The van der Waals surface area contributed by atoms with E-state index in [0.717, 1.165) is 12.1 Å². The summed E-state index contributed by atoms with van der Waals surface area (Å²) in [6.45, 7) is 1.64. The lowest BCUT2D eigenvalue weighted by atomic mass is 10.2. The third kappa shape index (κ3) is 6.11. The number of carbonyl (C=O) groups is 2. The molecule has 0 atom stereocenters. The second-order valence-electron chi connectivity index (χ2n) is 5.16. The zero-order chi connectivity index (χ0) is 18.9. The molecule has 0 fully saturated rings. The predicted molar refractivity (Wildman–Crippen MR) is 97.8 cm³/mol. The molecule has 0 aliphatic heterocycles. The van der Waals surface area contributed by atoms with E-state index in [1.807, 2.05) is 0 Å². The molecule has 7 heteroatoms. The Labute approximate surface area is 155 Å². The molecule has 2 aromatic rings. The molecule has 0 bridgehead atoms. The topological polar surface area (TPSA) is 67.4 Å². The molecule has 0 aliphatic rings. The molecule has 0 unspecified atom stereocenters. The van der Waals surface area contributed by atoms with Crippen LogP contribution in [-0.2, 0) is 4.79 Å². The van der Waals surface area contributed by atoms with Crippen molar-refractivity contribution in [3.63, 3.8) is 0 Å². The van der Waals surface area contributed by atoms with Crippen molar-refractivity contribution in [2.45, 2.75) is 6.92 Å². The summed E-state index contributed by atoms with van der Waals surface area (Å²) >= 11 is 5.82. The number of hydrogen-bond acceptors (Lipinski definition) is 3.